The normalized spacial score (nSPS) is 30.7. The molecule has 0 aliphatic heterocycles. The SMILES string of the molecule is CC(C)CC(C)N(C)C1CC(C)CCC1C(=O)O. The van der Waals surface area contributed by atoms with Gasteiger partial charge in [0, 0.05) is 12.1 Å². The van der Waals surface area contributed by atoms with E-state index >= 15 is 0 Å². The first-order chi connectivity index (χ1) is 8.32. The fraction of sp³-hybridized carbons (Fsp3) is 0.933. The van der Waals surface area contributed by atoms with Crippen molar-refractivity contribution in [1.29, 1.82) is 0 Å². The Hall–Kier alpha value is -0.570. The quantitative estimate of drug-likeness (QED) is 0.820. The molecule has 0 radical (unpaired) electrons. The lowest BCUT2D eigenvalue weighted by atomic mass is 9.78. The van der Waals surface area contributed by atoms with E-state index in [1.54, 1.807) is 0 Å². The Bertz CT molecular complexity index is 278. The van der Waals surface area contributed by atoms with Crippen LogP contribution in [0.5, 0.6) is 0 Å². The van der Waals surface area contributed by atoms with Crippen LogP contribution < -0.4 is 0 Å². The molecule has 4 atom stereocenters. The summed E-state index contributed by atoms with van der Waals surface area (Å²) < 4.78 is 0. The second kappa shape index (κ2) is 6.55. The number of nitrogens with zero attached hydrogens (tertiary/aromatic N) is 1. The third kappa shape index (κ3) is 3.98. The van der Waals surface area contributed by atoms with Crippen molar-refractivity contribution in [2.45, 2.75) is 65.5 Å². The molecule has 18 heavy (non-hydrogen) atoms. The van der Waals surface area contributed by atoms with Crippen molar-refractivity contribution in [2.75, 3.05) is 7.05 Å². The van der Waals surface area contributed by atoms with Crippen LogP contribution in [0.2, 0.25) is 0 Å². The third-order valence-corrected chi connectivity index (χ3v) is 4.43. The Kier molecular flexibility index (Phi) is 5.64. The zero-order chi connectivity index (χ0) is 13.9. The summed E-state index contributed by atoms with van der Waals surface area (Å²) in [7, 11) is 2.10. The monoisotopic (exact) mass is 255 g/mol. The predicted molar refractivity (Wildman–Crippen MR) is 74.6 cm³/mol. The van der Waals surface area contributed by atoms with Gasteiger partial charge in [0.15, 0.2) is 0 Å². The standard InChI is InChI=1S/C15H29NO2/c1-10(2)8-12(4)16(5)14-9-11(3)6-7-13(14)15(17)18/h10-14H,6-9H2,1-5H3,(H,17,18). The molecule has 4 unspecified atom stereocenters. The zero-order valence-corrected chi connectivity index (χ0v) is 12.5. The molecule has 0 aromatic carbocycles. The minimum absolute atomic E-state index is 0.180. The molecule has 3 nitrogen and oxygen atoms in total. The highest BCUT2D eigenvalue weighted by atomic mass is 16.4. The number of hydrogen-bond donors (Lipinski definition) is 1. The molecule has 1 saturated carbocycles. The van der Waals surface area contributed by atoms with Gasteiger partial charge >= 0.3 is 5.97 Å². The van der Waals surface area contributed by atoms with Crippen LogP contribution in [0.15, 0.2) is 0 Å². The van der Waals surface area contributed by atoms with Crippen molar-refractivity contribution >= 4 is 5.97 Å². The summed E-state index contributed by atoms with van der Waals surface area (Å²) in [4.78, 5) is 13.7. The van der Waals surface area contributed by atoms with Gasteiger partial charge in [-0.25, -0.2) is 0 Å². The number of hydrogen-bond acceptors (Lipinski definition) is 2. The van der Waals surface area contributed by atoms with Crippen LogP contribution in [0.4, 0.5) is 0 Å². The highest BCUT2D eigenvalue weighted by Gasteiger charge is 2.37. The Balaban J connectivity index is 2.71. The molecule has 1 aliphatic carbocycles. The van der Waals surface area contributed by atoms with E-state index in [0.717, 1.165) is 25.7 Å². The van der Waals surface area contributed by atoms with Crippen LogP contribution in [0.3, 0.4) is 0 Å². The first-order valence-electron chi connectivity index (χ1n) is 7.27. The smallest absolute Gasteiger partial charge is 0.308 e. The Morgan fingerprint density at radius 3 is 2.44 bits per heavy atom. The predicted octanol–water partition coefficient (Wildman–Crippen LogP) is 3.24. The first kappa shape index (κ1) is 15.5. The Labute approximate surface area is 112 Å². The van der Waals surface area contributed by atoms with E-state index in [1.165, 1.54) is 0 Å². The molecule has 0 aromatic heterocycles. The molecule has 0 spiro atoms. The highest BCUT2D eigenvalue weighted by Crippen LogP contribution is 2.33. The topological polar surface area (TPSA) is 40.5 Å². The summed E-state index contributed by atoms with van der Waals surface area (Å²) in [5, 5.41) is 9.38. The van der Waals surface area contributed by atoms with Gasteiger partial charge in [0.1, 0.15) is 0 Å². The van der Waals surface area contributed by atoms with Gasteiger partial charge in [-0.2, -0.15) is 0 Å². The second-order valence-corrected chi connectivity index (χ2v) is 6.57. The lowest BCUT2D eigenvalue weighted by Crippen LogP contribution is -2.48. The average molecular weight is 255 g/mol. The molecule has 1 rings (SSSR count). The number of carboxylic acid groups (broad SMARTS) is 1. The van der Waals surface area contributed by atoms with Crippen LogP contribution in [0, 0.1) is 17.8 Å². The maximum Gasteiger partial charge on any atom is 0.308 e. The summed E-state index contributed by atoms with van der Waals surface area (Å²) >= 11 is 0. The van der Waals surface area contributed by atoms with E-state index < -0.39 is 5.97 Å². The molecule has 3 heteroatoms. The maximum absolute atomic E-state index is 11.4. The van der Waals surface area contributed by atoms with Crippen LogP contribution in [-0.2, 0) is 4.79 Å². The summed E-state index contributed by atoms with van der Waals surface area (Å²) in [6, 6.07) is 0.669. The Morgan fingerprint density at radius 2 is 1.94 bits per heavy atom. The van der Waals surface area contributed by atoms with E-state index in [-0.39, 0.29) is 12.0 Å². The third-order valence-electron chi connectivity index (χ3n) is 4.43. The van der Waals surface area contributed by atoms with Gasteiger partial charge in [-0.05, 0) is 51.5 Å². The van der Waals surface area contributed by atoms with Crippen molar-refractivity contribution in [2.24, 2.45) is 17.8 Å². The largest absolute Gasteiger partial charge is 0.481 e. The van der Waals surface area contributed by atoms with Crippen LogP contribution >= 0.6 is 0 Å². The van der Waals surface area contributed by atoms with Crippen LogP contribution in [-0.4, -0.2) is 35.1 Å². The van der Waals surface area contributed by atoms with E-state index in [9.17, 15) is 9.90 Å². The molecular formula is C15H29NO2. The Morgan fingerprint density at radius 1 is 1.33 bits per heavy atom. The fourth-order valence-corrected chi connectivity index (χ4v) is 3.26. The van der Waals surface area contributed by atoms with Gasteiger partial charge in [0.25, 0.3) is 0 Å². The van der Waals surface area contributed by atoms with Gasteiger partial charge in [-0.15, -0.1) is 0 Å². The maximum atomic E-state index is 11.4. The molecule has 0 bridgehead atoms. The van der Waals surface area contributed by atoms with Crippen molar-refractivity contribution in [3.63, 3.8) is 0 Å². The highest BCUT2D eigenvalue weighted by molar-refractivity contribution is 5.71. The molecule has 1 N–H and O–H groups in total. The van der Waals surface area contributed by atoms with Gasteiger partial charge in [0.2, 0.25) is 0 Å². The first-order valence-corrected chi connectivity index (χ1v) is 7.27. The lowest BCUT2D eigenvalue weighted by Gasteiger charge is -2.41. The van der Waals surface area contributed by atoms with Crippen molar-refractivity contribution in [3.8, 4) is 0 Å². The van der Waals surface area contributed by atoms with Gasteiger partial charge in [0.05, 0.1) is 5.92 Å². The van der Waals surface area contributed by atoms with E-state index in [2.05, 4.69) is 39.6 Å². The minimum atomic E-state index is -0.615. The molecule has 0 amide bonds. The summed E-state index contributed by atoms with van der Waals surface area (Å²) in [5.74, 6) is 0.516. The molecule has 0 saturated heterocycles. The van der Waals surface area contributed by atoms with Crippen molar-refractivity contribution in [3.05, 3.63) is 0 Å². The van der Waals surface area contributed by atoms with Gasteiger partial charge < -0.3 is 5.11 Å². The fourth-order valence-electron chi connectivity index (χ4n) is 3.26. The molecule has 0 heterocycles. The molecule has 0 aromatic rings. The van der Waals surface area contributed by atoms with E-state index in [0.29, 0.717) is 17.9 Å². The van der Waals surface area contributed by atoms with E-state index in [4.69, 9.17) is 0 Å². The number of aliphatic carboxylic acids is 1. The number of carbonyl (C=O) groups is 1. The number of carboxylic acids is 1. The summed E-state index contributed by atoms with van der Waals surface area (Å²) in [6.45, 7) is 8.91. The van der Waals surface area contributed by atoms with E-state index in [1.807, 2.05) is 0 Å². The van der Waals surface area contributed by atoms with Crippen molar-refractivity contribution in [1.82, 2.24) is 4.90 Å². The average Bonchev–Trinajstić information content (AvgIpc) is 2.26. The second-order valence-electron chi connectivity index (χ2n) is 6.57. The van der Waals surface area contributed by atoms with Crippen molar-refractivity contribution < 1.29 is 9.90 Å². The molecular weight excluding hydrogens is 226 g/mol. The van der Waals surface area contributed by atoms with Crippen LogP contribution in [0.25, 0.3) is 0 Å². The lowest BCUT2D eigenvalue weighted by molar-refractivity contribution is -0.146. The molecule has 1 fully saturated rings. The van der Waals surface area contributed by atoms with Crippen LogP contribution in [0.1, 0.15) is 53.4 Å². The number of rotatable bonds is 5. The zero-order valence-electron chi connectivity index (χ0n) is 12.5. The summed E-state index contributed by atoms with van der Waals surface area (Å²) in [6.07, 6.45) is 4.05. The summed E-state index contributed by atoms with van der Waals surface area (Å²) in [5.41, 5.74) is 0. The van der Waals surface area contributed by atoms with Gasteiger partial charge in [-0.3, -0.25) is 9.69 Å². The van der Waals surface area contributed by atoms with Gasteiger partial charge in [-0.1, -0.05) is 20.8 Å². The molecule has 106 valence electrons. The molecule has 1 aliphatic rings. The minimum Gasteiger partial charge on any atom is -0.481 e.